The van der Waals surface area contributed by atoms with Gasteiger partial charge in [0.25, 0.3) is 0 Å². The molecule has 0 radical (unpaired) electrons. The topological polar surface area (TPSA) is 111 Å². The van der Waals surface area contributed by atoms with Crippen LogP contribution in [0.4, 0.5) is 17.5 Å². The second-order valence-electron chi connectivity index (χ2n) is 3.91. The summed E-state index contributed by atoms with van der Waals surface area (Å²) in [6.07, 6.45) is 0.947. The molecular formula is C11H19N5O4. The van der Waals surface area contributed by atoms with Gasteiger partial charge in [-0.2, -0.15) is 4.98 Å². The number of hydrogen-bond acceptors (Lipinski definition) is 8. The molecule has 112 valence electrons. The number of anilines is 2. The predicted molar refractivity (Wildman–Crippen MR) is 74.0 cm³/mol. The Bertz CT molecular complexity index is 443. The first kappa shape index (κ1) is 16.1. The molecule has 2 N–H and O–H groups in total. The molecule has 1 atom stereocenters. The van der Waals surface area contributed by atoms with Crippen molar-refractivity contribution in [3.63, 3.8) is 0 Å². The average molecular weight is 285 g/mol. The summed E-state index contributed by atoms with van der Waals surface area (Å²) in [5.74, 6) is 0.486. The van der Waals surface area contributed by atoms with E-state index >= 15 is 0 Å². The first-order valence-electron chi connectivity index (χ1n) is 6.13. The molecule has 1 unspecified atom stereocenters. The predicted octanol–water partition coefficient (Wildman–Crippen LogP) is 0.890. The third-order valence-corrected chi connectivity index (χ3v) is 2.48. The Hall–Kier alpha value is -2.00. The summed E-state index contributed by atoms with van der Waals surface area (Å²) in [5, 5.41) is 16.7. The number of nitrogens with zero attached hydrogens (tertiary/aromatic N) is 3. The zero-order valence-electron chi connectivity index (χ0n) is 11.8. The number of rotatable bonds is 9. The maximum atomic E-state index is 10.9. The van der Waals surface area contributed by atoms with E-state index in [9.17, 15) is 10.1 Å². The minimum atomic E-state index is -0.532. The minimum Gasteiger partial charge on any atom is -0.382 e. The van der Waals surface area contributed by atoms with Crippen LogP contribution in [-0.2, 0) is 9.47 Å². The summed E-state index contributed by atoms with van der Waals surface area (Å²) in [6.45, 7) is 3.23. The summed E-state index contributed by atoms with van der Waals surface area (Å²) in [4.78, 5) is 18.4. The highest BCUT2D eigenvalue weighted by atomic mass is 16.6. The zero-order valence-corrected chi connectivity index (χ0v) is 11.8. The van der Waals surface area contributed by atoms with Gasteiger partial charge < -0.3 is 20.1 Å². The fourth-order valence-corrected chi connectivity index (χ4v) is 1.49. The fourth-order valence-electron chi connectivity index (χ4n) is 1.49. The monoisotopic (exact) mass is 285 g/mol. The van der Waals surface area contributed by atoms with E-state index in [4.69, 9.17) is 9.47 Å². The number of nitro groups is 1. The van der Waals surface area contributed by atoms with Crippen LogP contribution in [0.2, 0.25) is 0 Å². The van der Waals surface area contributed by atoms with Crippen LogP contribution in [0.1, 0.15) is 6.92 Å². The molecule has 9 nitrogen and oxygen atoms in total. The van der Waals surface area contributed by atoms with Crippen molar-refractivity contribution in [2.45, 2.75) is 13.0 Å². The SMILES string of the molecule is CCNc1ncc([N+](=O)[O-])c(NCC(COC)OC)n1. The highest BCUT2D eigenvalue weighted by molar-refractivity contribution is 5.56. The molecule has 0 amide bonds. The quantitative estimate of drug-likeness (QED) is 0.508. The van der Waals surface area contributed by atoms with Crippen molar-refractivity contribution in [1.82, 2.24) is 9.97 Å². The normalized spacial score (nSPS) is 11.9. The molecule has 20 heavy (non-hydrogen) atoms. The van der Waals surface area contributed by atoms with Crippen molar-refractivity contribution in [3.05, 3.63) is 16.3 Å². The number of nitrogens with one attached hydrogen (secondary N) is 2. The van der Waals surface area contributed by atoms with Gasteiger partial charge in [-0.05, 0) is 6.92 Å². The van der Waals surface area contributed by atoms with Crippen LogP contribution in [-0.4, -0.2) is 54.9 Å². The van der Waals surface area contributed by atoms with Crippen LogP contribution in [0.3, 0.4) is 0 Å². The summed E-state index contributed by atoms with van der Waals surface area (Å²) in [6, 6.07) is 0. The molecule has 0 bridgehead atoms. The van der Waals surface area contributed by atoms with Crippen molar-refractivity contribution in [3.8, 4) is 0 Å². The highest BCUT2D eigenvalue weighted by Gasteiger charge is 2.18. The Balaban J connectivity index is 2.83. The minimum absolute atomic E-state index is 0.152. The third-order valence-electron chi connectivity index (χ3n) is 2.48. The number of methoxy groups -OCH3 is 2. The van der Waals surface area contributed by atoms with Crippen LogP contribution in [0.25, 0.3) is 0 Å². The van der Waals surface area contributed by atoms with Crippen LogP contribution in [0.15, 0.2) is 6.20 Å². The Morgan fingerprint density at radius 3 is 2.75 bits per heavy atom. The van der Waals surface area contributed by atoms with Crippen LogP contribution in [0, 0.1) is 10.1 Å². The van der Waals surface area contributed by atoms with E-state index < -0.39 is 4.92 Å². The van der Waals surface area contributed by atoms with Crippen molar-refractivity contribution in [2.24, 2.45) is 0 Å². The number of aromatic nitrogens is 2. The molecule has 1 aromatic heterocycles. The highest BCUT2D eigenvalue weighted by Crippen LogP contribution is 2.21. The van der Waals surface area contributed by atoms with Crippen molar-refractivity contribution < 1.29 is 14.4 Å². The molecule has 0 saturated heterocycles. The van der Waals surface area contributed by atoms with Gasteiger partial charge >= 0.3 is 5.69 Å². The van der Waals surface area contributed by atoms with E-state index in [1.54, 1.807) is 14.2 Å². The molecule has 0 fully saturated rings. The molecule has 0 aliphatic heterocycles. The summed E-state index contributed by atoms with van der Waals surface area (Å²) in [7, 11) is 3.10. The Morgan fingerprint density at radius 2 is 2.20 bits per heavy atom. The lowest BCUT2D eigenvalue weighted by Gasteiger charge is -2.15. The van der Waals surface area contributed by atoms with Gasteiger partial charge in [0.1, 0.15) is 6.20 Å². The fraction of sp³-hybridized carbons (Fsp3) is 0.636. The second-order valence-corrected chi connectivity index (χ2v) is 3.91. The molecular weight excluding hydrogens is 266 g/mol. The van der Waals surface area contributed by atoms with Crippen LogP contribution in [0.5, 0.6) is 0 Å². The molecule has 1 aromatic rings. The summed E-state index contributed by atoms with van der Waals surface area (Å²) < 4.78 is 10.2. The first-order chi connectivity index (χ1) is 9.62. The van der Waals surface area contributed by atoms with E-state index in [0.29, 0.717) is 25.6 Å². The standard InChI is InChI=1S/C11H19N5O4/c1-4-12-11-14-6-9(16(17)18)10(15-11)13-5-8(20-3)7-19-2/h6,8H,4-5,7H2,1-3H3,(H2,12,13,14,15). The van der Waals surface area contributed by atoms with Gasteiger partial charge in [0.05, 0.1) is 17.6 Å². The van der Waals surface area contributed by atoms with E-state index in [1.807, 2.05) is 6.92 Å². The van der Waals surface area contributed by atoms with Gasteiger partial charge in [-0.1, -0.05) is 0 Å². The number of ether oxygens (including phenoxy) is 2. The van der Waals surface area contributed by atoms with E-state index in [0.717, 1.165) is 0 Å². The van der Waals surface area contributed by atoms with E-state index in [-0.39, 0.29) is 17.6 Å². The maximum Gasteiger partial charge on any atom is 0.329 e. The van der Waals surface area contributed by atoms with Crippen LogP contribution < -0.4 is 10.6 Å². The lowest BCUT2D eigenvalue weighted by atomic mass is 10.3. The molecule has 0 aliphatic carbocycles. The lowest BCUT2D eigenvalue weighted by molar-refractivity contribution is -0.384. The Morgan fingerprint density at radius 1 is 1.45 bits per heavy atom. The van der Waals surface area contributed by atoms with Gasteiger partial charge in [-0.25, -0.2) is 4.98 Å². The molecule has 0 spiro atoms. The molecule has 0 aliphatic rings. The third kappa shape index (κ3) is 4.59. The molecule has 1 rings (SSSR count). The molecule has 9 heteroatoms. The average Bonchev–Trinajstić information content (AvgIpc) is 2.43. The van der Waals surface area contributed by atoms with Gasteiger partial charge in [-0.15, -0.1) is 0 Å². The van der Waals surface area contributed by atoms with Crippen molar-refractivity contribution in [2.75, 3.05) is 44.5 Å². The Kier molecular flexibility index (Phi) is 6.60. The van der Waals surface area contributed by atoms with Gasteiger partial charge in [-0.3, -0.25) is 10.1 Å². The van der Waals surface area contributed by atoms with Gasteiger partial charge in [0.15, 0.2) is 0 Å². The van der Waals surface area contributed by atoms with Crippen LogP contribution >= 0.6 is 0 Å². The summed E-state index contributed by atoms with van der Waals surface area (Å²) in [5.41, 5.74) is -0.182. The van der Waals surface area contributed by atoms with E-state index in [2.05, 4.69) is 20.6 Å². The Labute approximate surface area is 116 Å². The molecule has 0 saturated carbocycles. The largest absolute Gasteiger partial charge is 0.382 e. The van der Waals surface area contributed by atoms with E-state index in [1.165, 1.54) is 6.20 Å². The van der Waals surface area contributed by atoms with Crippen molar-refractivity contribution >= 4 is 17.5 Å². The smallest absolute Gasteiger partial charge is 0.329 e. The molecule has 1 heterocycles. The maximum absolute atomic E-state index is 10.9. The lowest BCUT2D eigenvalue weighted by Crippen LogP contribution is -2.27. The summed E-state index contributed by atoms with van der Waals surface area (Å²) >= 11 is 0. The zero-order chi connectivity index (χ0) is 15.0. The first-order valence-corrected chi connectivity index (χ1v) is 6.13. The van der Waals surface area contributed by atoms with Gasteiger partial charge in [0.2, 0.25) is 11.8 Å². The van der Waals surface area contributed by atoms with Crippen molar-refractivity contribution in [1.29, 1.82) is 0 Å². The number of hydrogen-bond donors (Lipinski definition) is 2. The molecule has 0 aromatic carbocycles. The van der Waals surface area contributed by atoms with Gasteiger partial charge in [0, 0.05) is 27.3 Å². The second kappa shape index (κ2) is 8.23.